The largest absolute Gasteiger partial charge is 0.492 e. The van der Waals surface area contributed by atoms with Crippen molar-refractivity contribution in [1.29, 1.82) is 0 Å². The fourth-order valence-corrected chi connectivity index (χ4v) is 2.06. The Morgan fingerprint density at radius 3 is 2.86 bits per heavy atom. The first kappa shape index (κ1) is 15.3. The van der Waals surface area contributed by atoms with Crippen LogP contribution in [0, 0.1) is 0 Å². The van der Waals surface area contributed by atoms with Crippen molar-refractivity contribution < 1.29 is 14.3 Å². The van der Waals surface area contributed by atoms with Gasteiger partial charge in [-0.2, -0.15) is 0 Å². The average molecular weight is 309 g/mol. The number of benzene rings is 1. The van der Waals surface area contributed by atoms with E-state index >= 15 is 0 Å². The number of hydrogen-bond acceptors (Lipinski definition) is 4. The molecular formula is C15H17ClN2O3. The van der Waals surface area contributed by atoms with Gasteiger partial charge >= 0.3 is 5.97 Å². The van der Waals surface area contributed by atoms with Gasteiger partial charge in [0, 0.05) is 10.7 Å². The van der Waals surface area contributed by atoms with Crippen LogP contribution in [0.3, 0.4) is 0 Å². The molecule has 0 saturated heterocycles. The number of carbonyl (C=O) groups is 1. The summed E-state index contributed by atoms with van der Waals surface area (Å²) in [6.07, 6.45) is 0. The Labute approximate surface area is 128 Å². The minimum absolute atomic E-state index is 0.390. The third kappa shape index (κ3) is 3.92. The van der Waals surface area contributed by atoms with E-state index in [1.807, 2.05) is 19.1 Å². The molecule has 2 rings (SSSR count). The van der Waals surface area contributed by atoms with Gasteiger partial charge in [-0.25, -0.2) is 4.79 Å². The predicted octanol–water partition coefficient (Wildman–Crippen LogP) is 3.47. The quantitative estimate of drug-likeness (QED) is 0.802. The lowest BCUT2D eigenvalue weighted by Crippen LogP contribution is -2.05. The molecule has 0 aliphatic rings. The number of aromatic nitrogens is 1. The van der Waals surface area contributed by atoms with Crippen LogP contribution in [0.2, 0.25) is 5.02 Å². The normalized spacial score (nSPS) is 10.2. The summed E-state index contributed by atoms with van der Waals surface area (Å²) < 4.78 is 10.2. The Kier molecular flexibility index (Phi) is 5.11. The molecule has 21 heavy (non-hydrogen) atoms. The van der Waals surface area contributed by atoms with Crippen LogP contribution in [0.15, 0.2) is 30.3 Å². The third-order valence-electron chi connectivity index (χ3n) is 2.86. The van der Waals surface area contributed by atoms with Crippen molar-refractivity contribution in [3.8, 4) is 5.75 Å². The van der Waals surface area contributed by atoms with Gasteiger partial charge in [-0.15, -0.1) is 0 Å². The van der Waals surface area contributed by atoms with Gasteiger partial charge in [-0.1, -0.05) is 11.6 Å². The molecule has 0 bridgehead atoms. The van der Waals surface area contributed by atoms with Gasteiger partial charge < -0.3 is 19.8 Å². The number of methoxy groups -OCH3 is 1. The zero-order valence-corrected chi connectivity index (χ0v) is 12.7. The summed E-state index contributed by atoms with van der Waals surface area (Å²) in [4.78, 5) is 14.4. The van der Waals surface area contributed by atoms with Crippen molar-refractivity contribution in [2.75, 3.05) is 19.0 Å². The number of carbonyl (C=O) groups excluding carboxylic acids is 1. The molecule has 0 amide bonds. The van der Waals surface area contributed by atoms with E-state index in [0.717, 1.165) is 17.1 Å². The van der Waals surface area contributed by atoms with Gasteiger partial charge in [0.15, 0.2) is 0 Å². The monoisotopic (exact) mass is 308 g/mol. The zero-order valence-electron chi connectivity index (χ0n) is 11.9. The smallest absolute Gasteiger partial charge is 0.354 e. The van der Waals surface area contributed by atoms with E-state index < -0.39 is 0 Å². The Morgan fingerprint density at radius 2 is 2.14 bits per heavy atom. The van der Waals surface area contributed by atoms with Crippen molar-refractivity contribution in [1.82, 2.24) is 4.98 Å². The third-order valence-corrected chi connectivity index (χ3v) is 3.10. The van der Waals surface area contributed by atoms with Crippen LogP contribution >= 0.6 is 11.6 Å². The molecular weight excluding hydrogens is 292 g/mol. The van der Waals surface area contributed by atoms with Gasteiger partial charge in [0.1, 0.15) is 11.4 Å². The minimum atomic E-state index is -0.390. The Morgan fingerprint density at radius 1 is 1.33 bits per heavy atom. The van der Waals surface area contributed by atoms with E-state index in [4.69, 9.17) is 16.3 Å². The van der Waals surface area contributed by atoms with E-state index in [2.05, 4.69) is 15.0 Å². The number of hydrogen-bond donors (Lipinski definition) is 2. The molecule has 1 aromatic carbocycles. The summed E-state index contributed by atoms with van der Waals surface area (Å²) in [5.74, 6) is 0.348. The van der Waals surface area contributed by atoms with E-state index in [9.17, 15) is 4.79 Å². The Bertz CT molecular complexity index is 625. The highest BCUT2D eigenvalue weighted by molar-refractivity contribution is 6.30. The van der Waals surface area contributed by atoms with Crippen LogP contribution < -0.4 is 10.1 Å². The molecule has 1 heterocycles. The Balaban J connectivity index is 2.07. The van der Waals surface area contributed by atoms with Crippen LogP contribution in [-0.2, 0) is 11.3 Å². The van der Waals surface area contributed by atoms with E-state index in [-0.39, 0.29) is 5.97 Å². The second-order valence-electron chi connectivity index (χ2n) is 4.32. The standard InChI is InChI=1S/C15H17ClN2O3/c1-3-21-14-7-4-10(16)8-13(14)17-9-11-5-6-12(18-11)15(19)20-2/h4-8,17-18H,3,9H2,1-2H3. The van der Waals surface area contributed by atoms with Gasteiger partial charge in [0.2, 0.25) is 0 Å². The molecule has 5 nitrogen and oxygen atoms in total. The van der Waals surface area contributed by atoms with Gasteiger partial charge in [-0.3, -0.25) is 0 Å². The summed E-state index contributed by atoms with van der Waals surface area (Å²) in [7, 11) is 1.35. The summed E-state index contributed by atoms with van der Waals surface area (Å²) in [5.41, 5.74) is 2.09. The zero-order chi connectivity index (χ0) is 15.2. The number of esters is 1. The molecule has 2 aromatic rings. The highest BCUT2D eigenvalue weighted by Gasteiger charge is 2.09. The highest BCUT2D eigenvalue weighted by Crippen LogP contribution is 2.28. The number of H-pyrrole nitrogens is 1. The maximum absolute atomic E-state index is 11.4. The molecule has 6 heteroatoms. The number of aromatic amines is 1. The second kappa shape index (κ2) is 7.04. The molecule has 0 fully saturated rings. The van der Waals surface area contributed by atoms with Crippen LogP contribution in [0.1, 0.15) is 23.1 Å². The van der Waals surface area contributed by atoms with E-state index in [0.29, 0.717) is 23.9 Å². The maximum Gasteiger partial charge on any atom is 0.354 e. The minimum Gasteiger partial charge on any atom is -0.492 e. The molecule has 1 aromatic heterocycles. The van der Waals surface area contributed by atoms with Crippen molar-refractivity contribution in [2.24, 2.45) is 0 Å². The lowest BCUT2D eigenvalue weighted by molar-refractivity contribution is 0.0594. The average Bonchev–Trinajstić information content (AvgIpc) is 2.95. The SMILES string of the molecule is CCOc1ccc(Cl)cc1NCc1ccc(C(=O)OC)[nH]1. The molecule has 0 radical (unpaired) electrons. The lowest BCUT2D eigenvalue weighted by Gasteiger charge is -2.12. The predicted molar refractivity (Wildman–Crippen MR) is 82.1 cm³/mol. The first-order valence-electron chi connectivity index (χ1n) is 6.56. The summed E-state index contributed by atoms with van der Waals surface area (Å²) in [6, 6.07) is 8.91. The van der Waals surface area contributed by atoms with Crippen LogP contribution in [0.25, 0.3) is 0 Å². The first-order chi connectivity index (χ1) is 10.1. The van der Waals surface area contributed by atoms with Gasteiger partial charge in [-0.05, 0) is 37.3 Å². The number of rotatable bonds is 6. The fourth-order valence-electron chi connectivity index (χ4n) is 1.88. The summed E-state index contributed by atoms with van der Waals surface area (Å²) in [6.45, 7) is 3.01. The molecule has 0 unspecified atom stereocenters. The lowest BCUT2D eigenvalue weighted by atomic mass is 10.3. The molecule has 0 aliphatic carbocycles. The summed E-state index contributed by atoms with van der Waals surface area (Å²) >= 11 is 6.00. The summed E-state index contributed by atoms with van der Waals surface area (Å²) in [5, 5.41) is 3.86. The fraction of sp³-hybridized carbons (Fsp3) is 0.267. The Hall–Kier alpha value is -2.14. The van der Waals surface area contributed by atoms with Crippen molar-refractivity contribution in [3.63, 3.8) is 0 Å². The van der Waals surface area contributed by atoms with Gasteiger partial charge in [0.05, 0.1) is 25.9 Å². The number of halogens is 1. The molecule has 0 aliphatic heterocycles. The van der Waals surface area contributed by atoms with Crippen LogP contribution in [-0.4, -0.2) is 24.7 Å². The molecule has 0 spiro atoms. The van der Waals surface area contributed by atoms with Crippen molar-refractivity contribution in [2.45, 2.75) is 13.5 Å². The number of nitrogens with one attached hydrogen (secondary N) is 2. The van der Waals surface area contributed by atoms with Crippen molar-refractivity contribution in [3.05, 3.63) is 46.7 Å². The number of ether oxygens (including phenoxy) is 2. The number of anilines is 1. The molecule has 0 atom stereocenters. The van der Waals surface area contributed by atoms with E-state index in [1.165, 1.54) is 7.11 Å². The van der Waals surface area contributed by atoms with E-state index in [1.54, 1.807) is 18.2 Å². The first-order valence-corrected chi connectivity index (χ1v) is 6.94. The van der Waals surface area contributed by atoms with Crippen LogP contribution in [0.5, 0.6) is 5.75 Å². The van der Waals surface area contributed by atoms with Crippen LogP contribution in [0.4, 0.5) is 5.69 Å². The molecule has 2 N–H and O–H groups in total. The van der Waals surface area contributed by atoms with Crippen molar-refractivity contribution >= 4 is 23.3 Å². The molecule has 112 valence electrons. The topological polar surface area (TPSA) is 63.4 Å². The molecule has 0 saturated carbocycles. The van der Waals surface area contributed by atoms with Gasteiger partial charge in [0.25, 0.3) is 0 Å². The highest BCUT2D eigenvalue weighted by atomic mass is 35.5. The maximum atomic E-state index is 11.4. The second-order valence-corrected chi connectivity index (χ2v) is 4.75.